The van der Waals surface area contributed by atoms with E-state index < -0.39 is 5.60 Å². The van der Waals surface area contributed by atoms with Crippen LogP contribution in [0.15, 0.2) is 28.3 Å². The summed E-state index contributed by atoms with van der Waals surface area (Å²) in [5.74, 6) is -0.620. The second-order valence-corrected chi connectivity index (χ2v) is 6.70. The molecule has 0 aliphatic heterocycles. The number of halogens is 1. The molecule has 116 valence electrons. The van der Waals surface area contributed by atoms with Crippen LogP contribution in [0.4, 0.5) is 0 Å². The van der Waals surface area contributed by atoms with Gasteiger partial charge in [0.2, 0.25) is 0 Å². The first-order valence-electron chi connectivity index (χ1n) is 6.75. The molecular weight excluding hydrogens is 336 g/mol. The molecule has 0 fully saturated rings. The van der Waals surface area contributed by atoms with Gasteiger partial charge in [0, 0.05) is 0 Å². The number of allylic oxidation sites excluding steroid dienone is 2. The summed E-state index contributed by atoms with van der Waals surface area (Å²) >= 11 is 3.07. The lowest BCUT2D eigenvalue weighted by molar-refractivity contribution is 0.0689. The topological polar surface area (TPSA) is 77.8 Å². The van der Waals surface area contributed by atoms with Gasteiger partial charge in [0.25, 0.3) is 0 Å². The molecule has 21 heavy (non-hydrogen) atoms. The summed E-state index contributed by atoms with van der Waals surface area (Å²) in [5, 5.41) is 29.0. The highest BCUT2D eigenvalue weighted by molar-refractivity contribution is 9.10. The van der Waals surface area contributed by atoms with Gasteiger partial charge in [-0.05, 0) is 74.2 Å². The van der Waals surface area contributed by atoms with Gasteiger partial charge >= 0.3 is 0 Å². The van der Waals surface area contributed by atoms with E-state index in [0.717, 1.165) is 12.0 Å². The Labute approximate surface area is 133 Å². The maximum Gasteiger partial charge on any atom is 0.189 e. The quantitative estimate of drug-likeness (QED) is 0.410. The monoisotopic (exact) mass is 356 g/mol. The molecule has 0 unspecified atom stereocenters. The Morgan fingerprint density at radius 1 is 1.29 bits per heavy atom. The molecule has 3 N–H and O–H groups in total. The molecule has 0 radical (unpaired) electrons. The van der Waals surface area contributed by atoms with Crippen LogP contribution in [-0.2, 0) is 0 Å². The number of aliphatic hydroxyl groups is 1. The largest absolute Gasteiger partial charge is 0.507 e. The van der Waals surface area contributed by atoms with E-state index in [1.165, 1.54) is 18.2 Å². The smallest absolute Gasteiger partial charge is 0.189 e. The second-order valence-electron chi connectivity index (χ2n) is 5.84. The maximum absolute atomic E-state index is 12.1. The molecule has 0 heterocycles. The molecule has 0 aliphatic carbocycles. The molecule has 1 rings (SSSR count). The van der Waals surface area contributed by atoms with Crippen LogP contribution in [0, 0.1) is 0 Å². The minimum absolute atomic E-state index is 0.0672. The van der Waals surface area contributed by atoms with Crippen molar-refractivity contribution >= 4 is 21.7 Å². The van der Waals surface area contributed by atoms with E-state index in [4.69, 9.17) is 0 Å². The van der Waals surface area contributed by atoms with Crippen molar-refractivity contribution in [3.63, 3.8) is 0 Å². The van der Waals surface area contributed by atoms with Crippen molar-refractivity contribution in [3.05, 3.63) is 33.8 Å². The number of phenolic OH excluding ortho intramolecular Hbond substituents is 2. The molecule has 0 atom stereocenters. The van der Waals surface area contributed by atoms with E-state index >= 15 is 0 Å². The number of hydrogen-bond donors (Lipinski definition) is 3. The van der Waals surface area contributed by atoms with E-state index in [-0.39, 0.29) is 22.8 Å². The molecule has 1 aromatic carbocycles. The van der Waals surface area contributed by atoms with Crippen LogP contribution in [0.25, 0.3) is 0 Å². The number of ketones is 1. The number of aromatic hydroxyl groups is 2. The Morgan fingerprint density at radius 3 is 2.48 bits per heavy atom. The van der Waals surface area contributed by atoms with Crippen LogP contribution in [0.2, 0.25) is 0 Å². The summed E-state index contributed by atoms with van der Waals surface area (Å²) in [6, 6.07) is 2.53. The number of carbonyl (C=O) groups excluding carboxylic acids is 1. The summed E-state index contributed by atoms with van der Waals surface area (Å²) in [6.07, 6.45) is 3.57. The summed E-state index contributed by atoms with van der Waals surface area (Å²) in [6.45, 7) is 5.33. The average molecular weight is 357 g/mol. The maximum atomic E-state index is 12.1. The molecule has 1 aromatic rings. The first-order chi connectivity index (χ1) is 9.60. The minimum atomic E-state index is -0.708. The van der Waals surface area contributed by atoms with Gasteiger partial charge in [-0.1, -0.05) is 5.57 Å². The number of benzene rings is 1. The third kappa shape index (κ3) is 5.89. The normalized spacial score (nSPS) is 12.5. The first-order valence-corrected chi connectivity index (χ1v) is 7.55. The Bertz CT molecular complexity index is 556. The fourth-order valence-corrected chi connectivity index (χ4v) is 2.25. The Hall–Kier alpha value is -1.33. The van der Waals surface area contributed by atoms with Crippen LogP contribution in [0.3, 0.4) is 0 Å². The van der Waals surface area contributed by atoms with E-state index in [1.807, 2.05) is 6.92 Å². The standard InChI is InChI=1S/C16H21BrO4/c1-10(5-4-6-16(2,3)21)7-13(18)11-8-15(20)12(17)9-14(11)19/h7-9,19-21H,4-6H2,1-3H3. The van der Waals surface area contributed by atoms with Gasteiger partial charge in [-0.2, -0.15) is 0 Å². The van der Waals surface area contributed by atoms with E-state index in [1.54, 1.807) is 13.8 Å². The van der Waals surface area contributed by atoms with E-state index in [9.17, 15) is 20.1 Å². The summed E-state index contributed by atoms with van der Waals surface area (Å²) < 4.78 is 0.336. The fourth-order valence-electron chi connectivity index (χ4n) is 1.92. The molecule has 0 saturated carbocycles. The van der Waals surface area contributed by atoms with Crippen molar-refractivity contribution in [2.45, 2.75) is 45.6 Å². The van der Waals surface area contributed by atoms with Crippen LogP contribution in [0.5, 0.6) is 11.5 Å². The molecule has 0 aromatic heterocycles. The van der Waals surface area contributed by atoms with E-state index in [0.29, 0.717) is 17.3 Å². The summed E-state index contributed by atoms with van der Waals surface area (Å²) in [4.78, 5) is 12.1. The molecule has 5 heteroatoms. The summed E-state index contributed by atoms with van der Waals surface area (Å²) in [5.41, 5.74) is 0.226. The number of carbonyl (C=O) groups is 1. The average Bonchev–Trinajstić information content (AvgIpc) is 2.31. The Kier molecular flexibility index (Phi) is 5.98. The zero-order valence-electron chi connectivity index (χ0n) is 12.5. The molecule has 0 amide bonds. The van der Waals surface area contributed by atoms with Crippen LogP contribution in [0.1, 0.15) is 50.4 Å². The van der Waals surface area contributed by atoms with Crippen molar-refractivity contribution in [1.82, 2.24) is 0 Å². The van der Waals surface area contributed by atoms with Crippen molar-refractivity contribution < 1.29 is 20.1 Å². The van der Waals surface area contributed by atoms with Crippen molar-refractivity contribution in [3.8, 4) is 11.5 Å². The molecule has 0 spiro atoms. The Balaban J connectivity index is 2.75. The highest BCUT2D eigenvalue weighted by Crippen LogP contribution is 2.31. The third-order valence-electron chi connectivity index (χ3n) is 3.07. The van der Waals surface area contributed by atoms with Crippen LogP contribution < -0.4 is 0 Å². The van der Waals surface area contributed by atoms with Gasteiger partial charge in [0.15, 0.2) is 5.78 Å². The van der Waals surface area contributed by atoms with Gasteiger partial charge in [-0.3, -0.25) is 4.79 Å². The van der Waals surface area contributed by atoms with Crippen molar-refractivity contribution in [2.75, 3.05) is 0 Å². The van der Waals surface area contributed by atoms with E-state index in [2.05, 4.69) is 15.9 Å². The first kappa shape index (κ1) is 17.7. The minimum Gasteiger partial charge on any atom is -0.507 e. The fraction of sp³-hybridized carbons (Fsp3) is 0.438. The third-order valence-corrected chi connectivity index (χ3v) is 3.70. The van der Waals surface area contributed by atoms with Crippen LogP contribution in [-0.4, -0.2) is 26.7 Å². The highest BCUT2D eigenvalue weighted by atomic mass is 79.9. The zero-order chi connectivity index (χ0) is 16.2. The zero-order valence-corrected chi connectivity index (χ0v) is 14.1. The molecule has 4 nitrogen and oxygen atoms in total. The Morgan fingerprint density at radius 2 is 1.90 bits per heavy atom. The molecule has 0 saturated heterocycles. The van der Waals surface area contributed by atoms with Gasteiger partial charge in [-0.15, -0.1) is 0 Å². The molecule has 0 bridgehead atoms. The van der Waals surface area contributed by atoms with Gasteiger partial charge in [0.05, 0.1) is 15.6 Å². The lowest BCUT2D eigenvalue weighted by Crippen LogP contribution is -2.17. The van der Waals surface area contributed by atoms with Crippen molar-refractivity contribution in [1.29, 1.82) is 0 Å². The summed E-state index contributed by atoms with van der Waals surface area (Å²) in [7, 11) is 0. The number of hydrogen-bond acceptors (Lipinski definition) is 4. The predicted molar refractivity (Wildman–Crippen MR) is 85.7 cm³/mol. The lowest BCUT2D eigenvalue weighted by atomic mass is 9.98. The number of phenols is 2. The second kappa shape index (κ2) is 7.09. The number of rotatable bonds is 6. The molecular formula is C16H21BrO4. The highest BCUT2D eigenvalue weighted by Gasteiger charge is 2.14. The lowest BCUT2D eigenvalue weighted by Gasteiger charge is -2.16. The SMILES string of the molecule is CC(=CC(=O)c1cc(O)c(Br)cc1O)CCCC(C)(C)O. The predicted octanol–water partition coefficient (Wildman–Crippen LogP) is 3.93. The molecule has 0 aliphatic rings. The van der Waals surface area contributed by atoms with Gasteiger partial charge in [-0.25, -0.2) is 0 Å². The van der Waals surface area contributed by atoms with Gasteiger partial charge < -0.3 is 15.3 Å². The van der Waals surface area contributed by atoms with Crippen molar-refractivity contribution in [2.24, 2.45) is 0 Å². The van der Waals surface area contributed by atoms with Crippen LogP contribution >= 0.6 is 15.9 Å². The van der Waals surface area contributed by atoms with Gasteiger partial charge in [0.1, 0.15) is 11.5 Å².